The number of hydrogen-bond acceptors (Lipinski definition) is 3. The molecule has 2 amide bonds. The van der Waals surface area contributed by atoms with E-state index >= 15 is 0 Å². The van der Waals surface area contributed by atoms with Gasteiger partial charge in [0.15, 0.2) is 0 Å². The van der Waals surface area contributed by atoms with Gasteiger partial charge in [0, 0.05) is 18.0 Å². The average Bonchev–Trinajstić information content (AvgIpc) is 2.92. The zero-order valence-corrected chi connectivity index (χ0v) is 12.6. The molecule has 4 N–H and O–H groups in total. The number of carbonyl (C=O) groups excluding carboxylic acids is 2. The average molecular weight is 293 g/mol. The lowest BCUT2D eigenvalue weighted by Gasteiger charge is -2.28. The largest absolute Gasteiger partial charge is 0.369 e. The molecule has 5 nitrogen and oxygen atoms in total. The van der Waals surface area contributed by atoms with Gasteiger partial charge in [0.25, 0.3) is 0 Å². The number of amides is 2. The molecule has 1 saturated heterocycles. The molecular weight excluding hydrogens is 266 g/mol. The van der Waals surface area contributed by atoms with Crippen LogP contribution in [-0.4, -0.2) is 29.9 Å². The Hall–Kier alpha value is -1.10. The van der Waals surface area contributed by atoms with Crippen LogP contribution in [0.1, 0.15) is 57.8 Å². The molecule has 118 valence electrons. The number of carbonyl (C=O) groups is 2. The first kappa shape index (κ1) is 14.8. The number of fused-ring (bicyclic) bond motifs is 1. The molecule has 3 unspecified atom stereocenters. The summed E-state index contributed by atoms with van der Waals surface area (Å²) >= 11 is 0. The first-order valence-corrected chi connectivity index (χ1v) is 8.49. The van der Waals surface area contributed by atoms with Crippen molar-refractivity contribution < 1.29 is 9.59 Å². The van der Waals surface area contributed by atoms with Crippen LogP contribution in [0.2, 0.25) is 0 Å². The topological polar surface area (TPSA) is 84.2 Å². The minimum absolute atomic E-state index is 0.00521. The van der Waals surface area contributed by atoms with Gasteiger partial charge in [-0.05, 0) is 50.9 Å². The van der Waals surface area contributed by atoms with Crippen LogP contribution in [0.15, 0.2) is 0 Å². The van der Waals surface area contributed by atoms with Crippen molar-refractivity contribution in [1.82, 2.24) is 10.6 Å². The van der Waals surface area contributed by atoms with Crippen molar-refractivity contribution in [1.29, 1.82) is 0 Å². The Labute approximate surface area is 126 Å². The van der Waals surface area contributed by atoms with Crippen molar-refractivity contribution in [3.05, 3.63) is 0 Å². The summed E-state index contributed by atoms with van der Waals surface area (Å²) in [7, 11) is 0. The molecule has 0 aromatic carbocycles. The quantitative estimate of drug-likeness (QED) is 0.727. The summed E-state index contributed by atoms with van der Waals surface area (Å²) in [6, 6.07) is 0.768. The molecule has 21 heavy (non-hydrogen) atoms. The molecule has 2 aliphatic carbocycles. The zero-order chi connectivity index (χ0) is 14.8. The van der Waals surface area contributed by atoms with E-state index in [-0.39, 0.29) is 29.8 Å². The highest BCUT2D eigenvalue weighted by Gasteiger charge is 2.38. The summed E-state index contributed by atoms with van der Waals surface area (Å²) < 4.78 is 0. The molecule has 5 heteroatoms. The van der Waals surface area contributed by atoms with Gasteiger partial charge in [-0.25, -0.2) is 0 Å². The Morgan fingerprint density at radius 2 is 1.71 bits per heavy atom. The lowest BCUT2D eigenvalue weighted by atomic mass is 9.84. The summed E-state index contributed by atoms with van der Waals surface area (Å²) in [5.41, 5.74) is 5.34. The van der Waals surface area contributed by atoms with Crippen molar-refractivity contribution in [3.8, 4) is 0 Å². The van der Waals surface area contributed by atoms with Gasteiger partial charge < -0.3 is 16.4 Å². The number of nitrogens with one attached hydrogen (secondary N) is 2. The zero-order valence-electron chi connectivity index (χ0n) is 12.6. The van der Waals surface area contributed by atoms with E-state index in [0.29, 0.717) is 12.0 Å². The molecule has 3 rings (SSSR count). The SMILES string of the molecule is NC(=O)C1CCC(NC(=O)C2CC3CCCCC3N2)CC1. The molecule has 0 aromatic heterocycles. The third-order valence-corrected chi connectivity index (χ3v) is 5.66. The van der Waals surface area contributed by atoms with Gasteiger partial charge in [-0.2, -0.15) is 0 Å². The number of rotatable bonds is 3. The predicted molar refractivity (Wildman–Crippen MR) is 80.4 cm³/mol. The van der Waals surface area contributed by atoms with Crippen molar-refractivity contribution in [2.24, 2.45) is 17.6 Å². The van der Waals surface area contributed by atoms with Crippen molar-refractivity contribution in [2.45, 2.75) is 75.9 Å². The molecule has 1 heterocycles. The highest BCUT2D eigenvalue weighted by Crippen LogP contribution is 2.33. The fourth-order valence-corrected chi connectivity index (χ4v) is 4.35. The maximum absolute atomic E-state index is 12.4. The molecule has 3 fully saturated rings. The lowest BCUT2D eigenvalue weighted by Crippen LogP contribution is -2.48. The fourth-order valence-electron chi connectivity index (χ4n) is 4.35. The van der Waals surface area contributed by atoms with Gasteiger partial charge in [0.1, 0.15) is 0 Å². The second kappa shape index (κ2) is 6.34. The van der Waals surface area contributed by atoms with Crippen LogP contribution in [-0.2, 0) is 9.59 Å². The highest BCUT2D eigenvalue weighted by molar-refractivity contribution is 5.82. The van der Waals surface area contributed by atoms with Gasteiger partial charge in [-0.3, -0.25) is 9.59 Å². The highest BCUT2D eigenvalue weighted by atomic mass is 16.2. The standard InChI is InChI=1S/C16H27N3O2/c17-15(20)10-5-7-12(8-6-10)18-16(21)14-9-11-3-1-2-4-13(11)19-14/h10-14,19H,1-9H2,(H2,17,20)(H,18,21). The van der Waals surface area contributed by atoms with E-state index in [1.165, 1.54) is 25.7 Å². The third-order valence-electron chi connectivity index (χ3n) is 5.66. The van der Waals surface area contributed by atoms with Gasteiger partial charge in [0.2, 0.25) is 11.8 Å². The maximum atomic E-state index is 12.4. The first-order chi connectivity index (χ1) is 10.1. The van der Waals surface area contributed by atoms with E-state index in [1.807, 2.05) is 0 Å². The smallest absolute Gasteiger partial charge is 0.237 e. The van der Waals surface area contributed by atoms with Gasteiger partial charge >= 0.3 is 0 Å². The molecule has 2 saturated carbocycles. The normalized spacial score (nSPS) is 39.5. The van der Waals surface area contributed by atoms with E-state index in [4.69, 9.17) is 5.73 Å². The van der Waals surface area contributed by atoms with Gasteiger partial charge in [-0.15, -0.1) is 0 Å². The van der Waals surface area contributed by atoms with Crippen LogP contribution in [0.25, 0.3) is 0 Å². The Morgan fingerprint density at radius 3 is 2.38 bits per heavy atom. The molecule has 0 aromatic rings. The van der Waals surface area contributed by atoms with Crippen LogP contribution in [0.4, 0.5) is 0 Å². The summed E-state index contributed by atoms with van der Waals surface area (Å²) in [6.45, 7) is 0. The third kappa shape index (κ3) is 3.39. The van der Waals surface area contributed by atoms with Crippen molar-refractivity contribution in [3.63, 3.8) is 0 Å². The Morgan fingerprint density at radius 1 is 1.00 bits per heavy atom. The monoisotopic (exact) mass is 293 g/mol. The molecule has 0 bridgehead atoms. The molecule has 1 aliphatic heterocycles. The predicted octanol–water partition coefficient (Wildman–Crippen LogP) is 1.07. The lowest BCUT2D eigenvalue weighted by molar-refractivity contribution is -0.124. The molecular formula is C16H27N3O2. The van der Waals surface area contributed by atoms with Crippen molar-refractivity contribution in [2.75, 3.05) is 0 Å². The Kier molecular flexibility index (Phi) is 4.48. The summed E-state index contributed by atoms with van der Waals surface area (Å²) in [6.07, 6.45) is 9.45. The summed E-state index contributed by atoms with van der Waals surface area (Å²) in [4.78, 5) is 23.6. The van der Waals surface area contributed by atoms with Gasteiger partial charge in [0.05, 0.1) is 6.04 Å². The van der Waals surface area contributed by atoms with Gasteiger partial charge in [-0.1, -0.05) is 12.8 Å². The number of nitrogens with two attached hydrogens (primary N) is 1. The second-order valence-electron chi connectivity index (χ2n) is 7.07. The van der Waals surface area contributed by atoms with Crippen LogP contribution >= 0.6 is 0 Å². The van der Waals surface area contributed by atoms with E-state index in [0.717, 1.165) is 32.1 Å². The van der Waals surface area contributed by atoms with E-state index in [1.54, 1.807) is 0 Å². The number of hydrogen-bond donors (Lipinski definition) is 3. The second-order valence-corrected chi connectivity index (χ2v) is 7.07. The van der Waals surface area contributed by atoms with Crippen LogP contribution in [0, 0.1) is 11.8 Å². The van der Waals surface area contributed by atoms with E-state index in [2.05, 4.69) is 10.6 Å². The number of primary amides is 1. The Bertz CT molecular complexity index is 390. The first-order valence-electron chi connectivity index (χ1n) is 8.49. The molecule has 0 radical (unpaired) electrons. The van der Waals surface area contributed by atoms with Crippen LogP contribution < -0.4 is 16.4 Å². The van der Waals surface area contributed by atoms with Crippen molar-refractivity contribution >= 4 is 11.8 Å². The minimum Gasteiger partial charge on any atom is -0.369 e. The summed E-state index contributed by atoms with van der Waals surface area (Å²) in [5, 5.41) is 6.70. The Balaban J connectivity index is 1.46. The maximum Gasteiger partial charge on any atom is 0.237 e. The molecule has 3 aliphatic rings. The molecule has 3 atom stereocenters. The molecule has 0 spiro atoms. The van der Waals surface area contributed by atoms with E-state index < -0.39 is 0 Å². The van der Waals surface area contributed by atoms with Crippen LogP contribution in [0.3, 0.4) is 0 Å². The van der Waals surface area contributed by atoms with Crippen LogP contribution in [0.5, 0.6) is 0 Å². The fraction of sp³-hybridized carbons (Fsp3) is 0.875. The van der Waals surface area contributed by atoms with E-state index in [9.17, 15) is 9.59 Å². The minimum atomic E-state index is -0.193. The summed E-state index contributed by atoms with van der Waals surface area (Å²) in [5.74, 6) is 0.666.